The molecule has 5 atom stereocenters. The van der Waals surface area contributed by atoms with Gasteiger partial charge in [0.1, 0.15) is 0 Å². The van der Waals surface area contributed by atoms with E-state index in [1.54, 1.807) is 6.20 Å². The van der Waals surface area contributed by atoms with E-state index in [-0.39, 0.29) is 6.04 Å². The molecule has 0 radical (unpaired) electrons. The molecule has 1 aromatic heterocycles. The van der Waals surface area contributed by atoms with Crippen LogP contribution in [0.5, 0.6) is 0 Å². The largest absolute Gasteiger partial charge is 0.322 e. The molecule has 0 saturated heterocycles. The normalized spacial score (nSPS) is 42.1. The molecule has 0 spiro atoms. The van der Waals surface area contributed by atoms with Gasteiger partial charge in [-0.15, -0.1) is 0 Å². The number of hydrogen-bond donors (Lipinski definition) is 1. The minimum absolute atomic E-state index is 0.0957. The molecule has 3 aliphatic carbocycles. The number of rotatable bonds is 3. The maximum Gasteiger partial charge on any atom is 0.0834 e. The van der Waals surface area contributed by atoms with E-state index in [9.17, 15) is 0 Å². The van der Waals surface area contributed by atoms with Gasteiger partial charge in [0, 0.05) is 6.54 Å². The van der Waals surface area contributed by atoms with Crippen molar-refractivity contribution in [2.24, 2.45) is 35.3 Å². The predicted molar refractivity (Wildman–Crippen MR) is 71.1 cm³/mol. The number of nitrogens with zero attached hydrogens (tertiary/aromatic N) is 2. The van der Waals surface area contributed by atoms with Gasteiger partial charge in [-0.3, -0.25) is 4.68 Å². The Labute approximate surface area is 113 Å². The van der Waals surface area contributed by atoms with Crippen LogP contribution in [-0.2, 0) is 6.54 Å². The lowest BCUT2D eigenvalue weighted by Crippen LogP contribution is -2.21. The topological polar surface area (TPSA) is 43.8 Å². The Morgan fingerprint density at radius 2 is 2.11 bits per heavy atom. The summed E-state index contributed by atoms with van der Waals surface area (Å²) >= 11 is 6.27. The van der Waals surface area contributed by atoms with Crippen LogP contribution in [0.15, 0.2) is 6.20 Å². The fourth-order valence-corrected chi connectivity index (χ4v) is 5.28. The van der Waals surface area contributed by atoms with Gasteiger partial charge in [0.15, 0.2) is 0 Å². The van der Waals surface area contributed by atoms with E-state index >= 15 is 0 Å². The minimum atomic E-state index is 0.0957. The van der Waals surface area contributed by atoms with Crippen LogP contribution in [0.1, 0.15) is 37.9 Å². The van der Waals surface area contributed by atoms with E-state index in [2.05, 4.69) is 12.0 Å². The van der Waals surface area contributed by atoms with E-state index in [0.29, 0.717) is 5.92 Å². The molecule has 4 rings (SSSR count). The molecule has 1 heterocycles. The molecule has 2 bridgehead atoms. The van der Waals surface area contributed by atoms with E-state index in [1.165, 1.54) is 19.3 Å². The van der Waals surface area contributed by atoms with Gasteiger partial charge in [-0.1, -0.05) is 11.6 Å². The molecule has 1 aromatic rings. The molecular formula is C14H20ClN3. The minimum Gasteiger partial charge on any atom is -0.322 e. The molecule has 98 valence electrons. The van der Waals surface area contributed by atoms with E-state index in [0.717, 1.165) is 40.9 Å². The van der Waals surface area contributed by atoms with Gasteiger partial charge >= 0.3 is 0 Å². The van der Waals surface area contributed by atoms with Gasteiger partial charge in [0.2, 0.25) is 0 Å². The molecular weight excluding hydrogens is 246 g/mol. The number of halogens is 1. The van der Waals surface area contributed by atoms with Crippen molar-refractivity contribution in [3.05, 3.63) is 16.9 Å². The molecule has 18 heavy (non-hydrogen) atoms. The van der Waals surface area contributed by atoms with Gasteiger partial charge in [0.25, 0.3) is 0 Å². The van der Waals surface area contributed by atoms with Gasteiger partial charge < -0.3 is 5.73 Å². The van der Waals surface area contributed by atoms with Crippen molar-refractivity contribution in [3.63, 3.8) is 0 Å². The Morgan fingerprint density at radius 3 is 2.72 bits per heavy atom. The smallest absolute Gasteiger partial charge is 0.0834 e. The third kappa shape index (κ3) is 1.32. The zero-order valence-corrected chi connectivity index (χ0v) is 11.5. The Morgan fingerprint density at radius 1 is 1.44 bits per heavy atom. The Balaban J connectivity index is 1.61. The summed E-state index contributed by atoms with van der Waals surface area (Å²) in [5.41, 5.74) is 7.59. The zero-order valence-electron chi connectivity index (χ0n) is 10.7. The molecule has 3 fully saturated rings. The highest BCUT2D eigenvalue weighted by Gasteiger charge is 2.66. The second kappa shape index (κ2) is 3.73. The van der Waals surface area contributed by atoms with Gasteiger partial charge in [-0.05, 0) is 55.8 Å². The van der Waals surface area contributed by atoms with Crippen LogP contribution >= 0.6 is 11.6 Å². The number of nitrogens with two attached hydrogens (primary N) is 1. The highest BCUT2D eigenvalue weighted by Crippen LogP contribution is 2.71. The third-order valence-electron chi connectivity index (χ3n) is 5.66. The van der Waals surface area contributed by atoms with Crippen LogP contribution in [0, 0.1) is 29.6 Å². The Hall–Kier alpha value is -0.540. The van der Waals surface area contributed by atoms with Crippen LogP contribution in [-0.4, -0.2) is 9.78 Å². The molecule has 4 heteroatoms. The number of hydrogen-bond acceptors (Lipinski definition) is 2. The second-order valence-electron chi connectivity index (χ2n) is 6.28. The molecule has 3 nitrogen and oxygen atoms in total. The fourth-order valence-electron chi connectivity index (χ4n) is 5.01. The molecule has 0 aromatic carbocycles. The van der Waals surface area contributed by atoms with E-state index < -0.39 is 0 Å². The van der Waals surface area contributed by atoms with Crippen LogP contribution in [0.2, 0.25) is 5.02 Å². The molecule has 3 aliphatic rings. The summed E-state index contributed by atoms with van der Waals surface area (Å²) in [6.45, 7) is 2.95. The van der Waals surface area contributed by atoms with E-state index in [4.69, 9.17) is 17.3 Å². The molecule has 0 aliphatic heterocycles. The highest BCUT2D eigenvalue weighted by molar-refractivity contribution is 6.31. The predicted octanol–water partition coefficient (Wildman–Crippen LogP) is 2.85. The molecule has 0 amide bonds. The standard InChI is InChI=1S/C14H20ClN3/c1-2-18-14(9(15)6-17-18)13(16)12-10-7-3-4-8(5-7)11(10)12/h6-8,10-13H,2-5,16H2,1H3. The first-order chi connectivity index (χ1) is 8.72. The van der Waals surface area contributed by atoms with Crippen molar-refractivity contribution in [1.29, 1.82) is 0 Å². The zero-order chi connectivity index (χ0) is 12.4. The maximum atomic E-state index is 6.52. The number of aryl methyl sites for hydroxylation is 1. The van der Waals surface area contributed by atoms with Gasteiger partial charge in [-0.2, -0.15) is 5.10 Å². The Kier molecular flexibility index (Phi) is 2.34. The van der Waals surface area contributed by atoms with Gasteiger partial charge in [-0.25, -0.2) is 0 Å². The van der Waals surface area contributed by atoms with Crippen molar-refractivity contribution in [1.82, 2.24) is 9.78 Å². The first kappa shape index (κ1) is 11.3. The van der Waals surface area contributed by atoms with Crippen molar-refractivity contribution in [2.45, 2.75) is 38.8 Å². The average molecular weight is 266 g/mol. The summed E-state index contributed by atoms with van der Waals surface area (Å²) < 4.78 is 1.98. The second-order valence-corrected chi connectivity index (χ2v) is 6.69. The number of aromatic nitrogens is 2. The lowest BCUT2D eigenvalue weighted by atomic mass is 9.96. The SMILES string of the molecule is CCn1ncc(Cl)c1C(N)C1C2C3CCC(C3)C21. The maximum absolute atomic E-state index is 6.52. The summed E-state index contributed by atoms with van der Waals surface area (Å²) in [6, 6.07) is 0.0957. The monoisotopic (exact) mass is 265 g/mol. The summed E-state index contributed by atoms with van der Waals surface area (Å²) in [5, 5.41) is 5.07. The lowest BCUT2D eigenvalue weighted by molar-refractivity contribution is 0.402. The Bertz CT molecular complexity index is 467. The highest BCUT2D eigenvalue weighted by atomic mass is 35.5. The van der Waals surface area contributed by atoms with Crippen LogP contribution in [0.4, 0.5) is 0 Å². The first-order valence-electron chi connectivity index (χ1n) is 7.19. The number of fused-ring (bicyclic) bond motifs is 5. The quantitative estimate of drug-likeness (QED) is 0.913. The summed E-state index contributed by atoms with van der Waals surface area (Å²) in [6.07, 6.45) is 6.10. The fraction of sp³-hybridized carbons (Fsp3) is 0.786. The average Bonchev–Trinajstić information content (AvgIpc) is 2.71. The van der Waals surface area contributed by atoms with Crippen molar-refractivity contribution < 1.29 is 0 Å². The van der Waals surface area contributed by atoms with Crippen molar-refractivity contribution >= 4 is 11.6 Å². The van der Waals surface area contributed by atoms with Crippen LogP contribution < -0.4 is 5.73 Å². The van der Waals surface area contributed by atoms with Gasteiger partial charge in [0.05, 0.1) is 23.0 Å². The molecule has 5 unspecified atom stereocenters. The van der Waals surface area contributed by atoms with Crippen LogP contribution in [0.25, 0.3) is 0 Å². The summed E-state index contributed by atoms with van der Waals surface area (Å²) in [5.74, 6) is 4.40. The van der Waals surface area contributed by atoms with Crippen molar-refractivity contribution in [3.8, 4) is 0 Å². The lowest BCUT2D eigenvalue weighted by Gasteiger charge is -2.17. The third-order valence-corrected chi connectivity index (χ3v) is 5.95. The van der Waals surface area contributed by atoms with Crippen molar-refractivity contribution in [2.75, 3.05) is 0 Å². The summed E-state index contributed by atoms with van der Waals surface area (Å²) in [4.78, 5) is 0. The summed E-state index contributed by atoms with van der Waals surface area (Å²) in [7, 11) is 0. The van der Waals surface area contributed by atoms with E-state index in [1.807, 2.05) is 4.68 Å². The molecule has 2 N–H and O–H groups in total. The molecule has 3 saturated carbocycles. The van der Waals surface area contributed by atoms with Crippen LogP contribution in [0.3, 0.4) is 0 Å². The first-order valence-corrected chi connectivity index (χ1v) is 7.57.